The highest BCUT2D eigenvalue weighted by Crippen LogP contribution is 2.60. The van der Waals surface area contributed by atoms with Crippen molar-refractivity contribution in [2.24, 2.45) is 23.2 Å². The molecule has 0 heterocycles. The molecule has 0 amide bonds. The summed E-state index contributed by atoms with van der Waals surface area (Å²) >= 11 is 0. The molecule has 3 rings (SSSR count). The van der Waals surface area contributed by atoms with E-state index in [4.69, 9.17) is 0 Å². The minimum Gasteiger partial charge on any atom is -0.393 e. The molecule has 29 heavy (non-hydrogen) atoms. The van der Waals surface area contributed by atoms with Crippen molar-refractivity contribution >= 4 is 0 Å². The van der Waals surface area contributed by atoms with Crippen molar-refractivity contribution < 1.29 is 10.2 Å². The Balaban J connectivity index is 1.68. The predicted molar refractivity (Wildman–Crippen MR) is 123 cm³/mol. The normalized spacial score (nSPS) is 37.2. The van der Waals surface area contributed by atoms with Crippen LogP contribution in [0.15, 0.2) is 35.5 Å². The SMILES string of the molecule is C=C1CC[C@H](O)CC1=C/C=C1\CCC[C@@]2(C)[C@H]1CC[C@H]2[C@H](C)CCCC(C)(C)O. The summed E-state index contributed by atoms with van der Waals surface area (Å²) in [5.41, 5.74) is 4.02. The molecule has 3 fully saturated rings. The summed E-state index contributed by atoms with van der Waals surface area (Å²) in [6.07, 6.45) is 16.9. The quantitative estimate of drug-likeness (QED) is 0.518. The number of aliphatic hydroxyl groups is 2. The van der Waals surface area contributed by atoms with Crippen LogP contribution in [0, 0.1) is 23.2 Å². The number of fused-ring (bicyclic) bond motifs is 1. The number of rotatable bonds is 6. The van der Waals surface area contributed by atoms with E-state index in [9.17, 15) is 10.2 Å². The fourth-order valence-electron chi connectivity index (χ4n) is 6.67. The zero-order valence-corrected chi connectivity index (χ0v) is 19.3. The Hall–Kier alpha value is -0.860. The zero-order chi connectivity index (χ0) is 21.2. The molecular weight excluding hydrogens is 356 g/mol. The van der Waals surface area contributed by atoms with Crippen molar-refractivity contribution in [2.45, 2.75) is 110 Å². The van der Waals surface area contributed by atoms with E-state index in [-0.39, 0.29) is 6.10 Å². The third-order valence-corrected chi connectivity index (χ3v) is 8.36. The monoisotopic (exact) mass is 400 g/mol. The smallest absolute Gasteiger partial charge is 0.0591 e. The Labute approximate surface area is 179 Å². The summed E-state index contributed by atoms with van der Waals surface area (Å²) in [4.78, 5) is 0. The third kappa shape index (κ3) is 5.44. The Bertz CT molecular complexity index is 650. The van der Waals surface area contributed by atoms with Crippen molar-refractivity contribution in [3.05, 3.63) is 35.5 Å². The Morgan fingerprint density at radius 3 is 2.69 bits per heavy atom. The second kappa shape index (κ2) is 9.10. The van der Waals surface area contributed by atoms with Gasteiger partial charge in [0.25, 0.3) is 0 Å². The van der Waals surface area contributed by atoms with E-state index in [1.54, 1.807) is 5.57 Å². The Morgan fingerprint density at radius 2 is 1.97 bits per heavy atom. The molecule has 2 N–H and O–H groups in total. The van der Waals surface area contributed by atoms with E-state index in [1.807, 2.05) is 13.8 Å². The van der Waals surface area contributed by atoms with Gasteiger partial charge in [-0.2, -0.15) is 0 Å². The molecule has 0 bridgehead atoms. The summed E-state index contributed by atoms with van der Waals surface area (Å²) in [6.45, 7) is 13.1. The summed E-state index contributed by atoms with van der Waals surface area (Å²) in [6, 6.07) is 0. The summed E-state index contributed by atoms with van der Waals surface area (Å²) in [7, 11) is 0. The highest BCUT2D eigenvalue weighted by Gasteiger charge is 2.50. The van der Waals surface area contributed by atoms with Gasteiger partial charge in [0.1, 0.15) is 0 Å². The molecule has 0 aromatic heterocycles. The summed E-state index contributed by atoms with van der Waals surface area (Å²) < 4.78 is 0. The average Bonchev–Trinajstić information content (AvgIpc) is 2.99. The lowest BCUT2D eigenvalue weighted by Crippen LogP contribution is -2.36. The van der Waals surface area contributed by atoms with E-state index < -0.39 is 5.60 Å². The van der Waals surface area contributed by atoms with Gasteiger partial charge in [0, 0.05) is 0 Å². The van der Waals surface area contributed by atoms with E-state index in [0.717, 1.165) is 49.9 Å². The van der Waals surface area contributed by atoms with Gasteiger partial charge in [-0.1, -0.05) is 56.6 Å². The molecular formula is C27H44O2. The van der Waals surface area contributed by atoms with Gasteiger partial charge < -0.3 is 10.2 Å². The van der Waals surface area contributed by atoms with E-state index in [0.29, 0.717) is 5.41 Å². The molecule has 164 valence electrons. The second-order valence-corrected chi connectivity index (χ2v) is 11.2. The van der Waals surface area contributed by atoms with Crippen LogP contribution in [0.2, 0.25) is 0 Å². The zero-order valence-electron chi connectivity index (χ0n) is 19.3. The van der Waals surface area contributed by atoms with Crippen molar-refractivity contribution in [1.29, 1.82) is 0 Å². The van der Waals surface area contributed by atoms with Crippen molar-refractivity contribution in [3.8, 4) is 0 Å². The van der Waals surface area contributed by atoms with Crippen LogP contribution in [0.1, 0.15) is 98.3 Å². The lowest BCUT2D eigenvalue weighted by molar-refractivity contribution is 0.0596. The topological polar surface area (TPSA) is 40.5 Å². The first-order valence-corrected chi connectivity index (χ1v) is 12.1. The van der Waals surface area contributed by atoms with Gasteiger partial charge in [0.05, 0.1) is 11.7 Å². The highest BCUT2D eigenvalue weighted by atomic mass is 16.3. The van der Waals surface area contributed by atoms with Gasteiger partial charge in [-0.3, -0.25) is 0 Å². The molecule has 0 unspecified atom stereocenters. The van der Waals surface area contributed by atoms with Crippen LogP contribution in [0.25, 0.3) is 0 Å². The molecule has 0 spiro atoms. The van der Waals surface area contributed by atoms with Crippen LogP contribution in [0.5, 0.6) is 0 Å². The van der Waals surface area contributed by atoms with Gasteiger partial charge in [0.2, 0.25) is 0 Å². The molecule has 2 heteroatoms. The Kier molecular flexibility index (Phi) is 7.16. The molecule has 0 aliphatic heterocycles. The largest absolute Gasteiger partial charge is 0.393 e. The second-order valence-electron chi connectivity index (χ2n) is 11.2. The summed E-state index contributed by atoms with van der Waals surface area (Å²) in [5.74, 6) is 2.26. The predicted octanol–water partition coefficient (Wildman–Crippen LogP) is 6.73. The molecule has 3 saturated carbocycles. The maximum absolute atomic E-state index is 10.0. The maximum Gasteiger partial charge on any atom is 0.0591 e. The van der Waals surface area contributed by atoms with Gasteiger partial charge >= 0.3 is 0 Å². The average molecular weight is 401 g/mol. The van der Waals surface area contributed by atoms with Gasteiger partial charge in [0.15, 0.2) is 0 Å². The third-order valence-electron chi connectivity index (χ3n) is 8.36. The highest BCUT2D eigenvalue weighted by molar-refractivity contribution is 5.36. The first kappa shape index (κ1) is 22.8. The molecule has 0 saturated heterocycles. The van der Waals surface area contributed by atoms with Crippen molar-refractivity contribution in [1.82, 2.24) is 0 Å². The molecule has 3 aliphatic rings. The number of hydrogen-bond donors (Lipinski definition) is 2. The van der Waals surface area contributed by atoms with Crippen LogP contribution < -0.4 is 0 Å². The molecule has 0 aromatic rings. The van der Waals surface area contributed by atoms with Gasteiger partial charge in [-0.15, -0.1) is 0 Å². The number of allylic oxidation sites excluding steroid dienone is 4. The van der Waals surface area contributed by atoms with Gasteiger partial charge in [-0.05, 0) is 100 Å². The minimum absolute atomic E-state index is 0.192. The minimum atomic E-state index is -0.535. The first-order valence-electron chi connectivity index (χ1n) is 12.1. The van der Waals surface area contributed by atoms with Gasteiger partial charge in [-0.25, -0.2) is 0 Å². The first-order chi connectivity index (χ1) is 13.6. The fourth-order valence-corrected chi connectivity index (χ4v) is 6.67. The number of aliphatic hydroxyl groups excluding tert-OH is 1. The van der Waals surface area contributed by atoms with E-state index in [1.165, 1.54) is 49.7 Å². The fraction of sp³-hybridized carbons (Fsp3) is 0.778. The lowest BCUT2D eigenvalue weighted by atomic mass is 9.60. The van der Waals surface area contributed by atoms with Crippen LogP contribution in [0.4, 0.5) is 0 Å². The van der Waals surface area contributed by atoms with Crippen LogP contribution >= 0.6 is 0 Å². The van der Waals surface area contributed by atoms with E-state index in [2.05, 4.69) is 32.6 Å². The van der Waals surface area contributed by atoms with Crippen molar-refractivity contribution in [2.75, 3.05) is 0 Å². The van der Waals surface area contributed by atoms with Crippen LogP contribution in [-0.4, -0.2) is 21.9 Å². The molecule has 3 aliphatic carbocycles. The molecule has 2 nitrogen and oxygen atoms in total. The van der Waals surface area contributed by atoms with Crippen LogP contribution in [0.3, 0.4) is 0 Å². The standard InChI is InChI=1S/C27H44O2/c1-19-10-13-23(28)18-22(19)12-11-21-9-7-17-27(5)24(14-15-25(21)27)20(2)8-6-16-26(3,4)29/h11-12,20,23-25,28-29H,1,6-10,13-18H2,2-5H3/b21-11+,22-12?/t20-,23+,24+,25+,27-/m1/s1. The maximum atomic E-state index is 10.0. The molecule has 0 radical (unpaired) electrons. The lowest BCUT2D eigenvalue weighted by Gasteiger charge is -2.44. The van der Waals surface area contributed by atoms with E-state index >= 15 is 0 Å². The summed E-state index contributed by atoms with van der Waals surface area (Å²) in [5, 5.41) is 20.1. The molecule has 5 atom stereocenters. The number of hydrogen-bond acceptors (Lipinski definition) is 2. The van der Waals surface area contributed by atoms with Crippen LogP contribution in [-0.2, 0) is 0 Å². The Morgan fingerprint density at radius 1 is 1.21 bits per heavy atom. The van der Waals surface area contributed by atoms with Crippen molar-refractivity contribution in [3.63, 3.8) is 0 Å². The molecule has 0 aromatic carbocycles.